The number of aryl methyl sites for hydroxylation is 2. The van der Waals surface area contributed by atoms with Crippen LogP contribution >= 0.6 is 7.82 Å². The molecule has 2 saturated heterocycles. The molecule has 0 radical (unpaired) electrons. The van der Waals surface area contributed by atoms with Gasteiger partial charge in [-0.25, -0.2) is 14.2 Å². The number of benzene rings is 1. The van der Waals surface area contributed by atoms with Crippen molar-refractivity contribution in [2.45, 2.75) is 69.7 Å². The van der Waals surface area contributed by atoms with E-state index in [1.54, 1.807) is 18.2 Å². The van der Waals surface area contributed by atoms with Crippen molar-refractivity contribution in [1.82, 2.24) is 19.1 Å². The third-order valence-electron chi connectivity index (χ3n) is 7.83. The van der Waals surface area contributed by atoms with E-state index in [-0.39, 0.29) is 29.5 Å². The van der Waals surface area contributed by atoms with Crippen molar-refractivity contribution < 1.29 is 32.7 Å². The van der Waals surface area contributed by atoms with Gasteiger partial charge in [-0.15, -0.1) is 0 Å². The largest absolute Gasteiger partial charge is 0.477 e. The van der Waals surface area contributed by atoms with Crippen LogP contribution in [0.4, 0.5) is 0 Å². The summed E-state index contributed by atoms with van der Waals surface area (Å²) in [4.78, 5) is 58.6. The van der Waals surface area contributed by atoms with Crippen LogP contribution in [0, 0.1) is 13.8 Å². The summed E-state index contributed by atoms with van der Waals surface area (Å²) in [7, 11) is -4.78. The summed E-state index contributed by atoms with van der Waals surface area (Å²) in [6.45, 7) is 1.80. The molecule has 260 valence electrons. The molecule has 2 aliphatic rings. The van der Waals surface area contributed by atoms with Crippen LogP contribution in [0.25, 0.3) is 20.9 Å². The molecule has 0 aliphatic carbocycles. The molecule has 0 spiro atoms. The molecule has 1 aromatic carbocycles. The summed E-state index contributed by atoms with van der Waals surface area (Å²) < 4.78 is 44.7. The third kappa shape index (κ3) is 8.26. The summed E-state index contributed by atoms with van der Waals surface area (Å²) in [5.41, 5.74) is 16.2. The molecule has 4 heterocycles. The van der Waals surface area contributed by atoms with Crippen LogP contribution in [0.5, 0.6) is 0 Å². The number of azide groups is 2. The summed E-state index contributed by atoms with van der Waals surface area (Å²) in [6, 6.07) is 6.00. The lowest BCUT2D eigenvalue weighted by Crippen LogP contribution is -2.33. The first kappa shape index (κ1) is 35.5. The Hall–Kier alpha value is -4.81. The van der Waals surface area contributed by atoms with Crippen molar-refractivity contribution in [3.8, 4) is 0 Å². The normalized spacial score (nSPS) is 25.2. The predicted octanol–water partition coefficient (Wildman–Crippen LogP) is 2.49. The van der Waals surface area contributed by atoms with Crippen molar-refractivity contribution in [3.63, 3.8) is 0 Å². The van der Waals surface area contributed by atoms with E-state index in [2.05, 4.69) is 30.0 Å². The molecule has 1 unspecified atom stereocenters. The minimum absolute atomic E-state index is 0.0170. The second kappa shape index (κ2) is 15.2. The van der Waals surface area contributed by atoms with Gasteiger partial charge < -0.3 is 14.6 Å². The average molecular weight is 703 g/mol. The number of hydrogen-bond acceptors (Lipinski definition) is 13. The molecule has 3 N–H and O–H groups in total. The number of hydrogen-bond donors (Lipinski definition) is 3. The Balaban J connectivity index is 1.36. The Labute approximate surface area is 274 Å². The number of aliphatic hydroxyl groups excluding tert-OH is 1. The number of phosphoric acid groups is 1. The van der Waals surface area contributed by atoms with Crippen LogP contribution < -0.4 is 22.5 Å². The lowest BCUT2D eigenvalue weighted by atomic mass is 10.1. The molecule has 21 nitrogen and oxygen atoms in total. The highest BCUT2D eigenvalue weighted by Gasteiger charge is 2.42. The summed E-state index contributed by atoms with van der Waals surface area (Å²) >= 11 is 0. The average Bonchev–Trinajstić information content (AvgIpc) is 3.67. The van der Waals surface area contributed by atoms with Gasteiger partial charge >= 0.3 is 19.2 Å². The molecule has 22 heteroatoms. The number of nitrogens with one attached hydrogen (secondary N) is 2. The minimum Gasteiger partial charge on any atom is -0.364 e. The van der Waals surface area contributed by atoms with E-state index in [0.29, 0.717) is 0 Å². The quantitative estimate of drug-likeness (QED) is 0.0764. The zero-order valence-electron chi connectivity index (χ0n) is 26.0. The summed E-state index contributed by atoms with van der Waals surface area (Å²) in [5.74, 6) is 0. The zero-order valence-corrected chi connectivity index (χ0v) is 26.9. The maximum atomic E-state index is 14.1. The highest BCUT2D eigenvalue weighted by molar-refractivity contribution is 7.48. The fraction of sp³-hybridized carbons (Fsp3) is 0.481. The number of ether oxygens (including phenoxy) is 2. The van der Waals surface area contributed by atoms with Gasteiger partial charge in [-0.05, 0) is 24.9 Å². The van der Waals surface area contributed by atoms with Gasteiger partial charge in [0, 0.05) is 51.7 Å². The second-order valence-electron chi connectivity index (χ2n) is 11.1. The van der Waals surface area contributed by atoms with Crippen molar-refractivity contribution in [1.29, 1.82) is 0 Å². The number of phosphoric ester groups is 1. The Bertz CT molecular complexity index is 1930. The Morgan fingerprint density at radius 3 is 1.76 bits per heavy atom. The Morgan fingerprint density at radius 2 is 1.33 bits per heavy atom. The SMILES string of the molecule is Cc1cn([C@H]2C[C@H](N=[N+]=[N-])[C@@H](COP(=O)(OC[C@H]3O[C@@H](n4cc(C)c(=O)[nH]c4=O)C[C@@H]3N=[N+]=[N-])OC(O)c3ccccc3)O2)c(=O)[nH]c1=O. The number of rotatable bonds is 13. The highest BCUT2D eigenvalue weighted by atomic mass is 31.2. The van der Waals surface area contributed by atoms with Crippen LogP contribution in [-0.4, -0.2) is 61.7 Å². The van der Waals surface area contributed by atoms with E-state index in [4.69, 9.17) is 34.1 Å². The molecule has 2 aromatic heterocycles. The molecule has 7 atom stereocenters. The molecule has 5 rings (SSSR count). The van der Waals surface area contributed by atoms with Gasteiger partial charge in [-0.3, -0.25) is 42.3 Å². The van der Waals surface area contributed by atoms with Gasteiger partial charge in [0.25, 0.3) is 11.1 Å². The third-order valence-corrected chi connectivity index (χ3v) is 9.22. The fourth-order valence-electron chi connectivity index (χ4n) is 5.28. The lowest BCUT2D eigenvalue weighted by molar-refractivity contribution is -0.0759. The highest BCUT2D eigenvalue weighted by Crippen LogP contribution is 2.54. The van der Waals surface area contributed by atoms with E-state index in [1.807, 2.05) is 0 Å². The van der Waals surface area contributed by atoms with E-state index in [0.717, 1.165) is 9.13 Å². The summed E-state index contributed by atoms with van der Waals surface area (Å²) in [5, 5.41) is 18.2. The fourth-order valence-corrected chi connectivity index (χ4v) is 6.50. The van der Waals surface area contributed by atoms with Crippen molar-refractivity contribution in [2.24, 2.45) is 10.2 Å². The Kier molecular flexibility index (Phi) is 11.0. The van der Waals surface area contributed by atoms with E-state index >= 15 is 0 Å². The molecular formula is C27H31N10O11P. The van der Waals surface area contributed by atoms with Crippen molar-refractivity contribution in [2.75, 3.05) is 13.2 Å². The number of aliphatic hydroxyl groups is 1. The molecule has 2 fully saturated rings. The zero-order chi connectivity index (χ0) is 35.3. The second-order valence-corrected chi connectivity index (χ2v) is 12.8. The number of H-pyrrole nitrogens is 2. The maximum absolute atomic E-state index is 14.1. The molecule has 2 aliphatic heterocycles. The number of aromatic amines is 2. The first-order valence-corrected chi connectivity index (χ1v) is 16.2. The lowest BCUT2D eigenvalue weighted by Gasteiger charge is -2.25. The standard InChI is InChI=1S/C27H31N10O11P/c1-14-10-36(26(41)30-23(14)38)21-8-17(32-34-28)19(46-21)12-44-49(43,48-25(40)16-6-4-3-5-7-16)45-13-20-18(33-35-29)9-22(47-20)37-11-15(2)24(39)31-27(37)42/h3-7,10-11,17-22,25,40H,8-9,12-13H2,1-2H3,(H,30,38,41)(H,31,39,42)/t17-,18-,19+,20+,21+,22+,25?/m0/s1. The van der Waals surface area contributed by atoms with Gasteiger partial charge in [0.15, 0.2) is 6.29 Å². The molecule has 49 heavy (non-hydrogen) atoms. The molecule has 3 aromatic rings. The van der Waals surface area contributed by atoms with Crippen LogP contribution in [0.1, 0.15) is 48.3 Å². The first-order chi connectivity index (χ1) is 23.4. The molecule has 0 saturated carbocycles. The van der Waals surface area contributed by atoms with Gasteiger partial charge in [-0.2, -0.15) is 0 Å². The predicted molar refractivity (Wildman–Crippen MR) is 167 cm³/mol. The smallest absolute Gasteiger partial charge is 0.364 e. The van der Waals surface area contributed by atoms with Crippen LogP contribution in [0.3, 0.4) is 0 Å². The van der Waals surface area contributed by atoms with Gasteiger partial charge in [0.2, 0.25) is 0 Å². The van der Waals surface area contributed by atoms with E-state index in [9.17, 15) is 28.8 Å². The van der Waals surface area contributed by atoms with Gasteiger partial charge in [-0.1, -0.05) is 40.6 Å². The van der Waals surface area contributed by atoms with Crippen LogP contribution in [0.15, 0.2) is 72.1 Å². The van der Waals surface area contributed by atoms with Gasteiger partial charge in [0.05, 0.1) is 37.5 Å². The topological polar surface area (TPSA) is 291 Å². The Morgan fingerprint density at radius 1 is 0.878 bits per heavy atom. The molecule has 0 bridgehead atoms. The monoisotopic (exact) mass is 702 g/mol. The minimum atomic E-state index is -4.78. The van der Waals surface area contributed by atoms with Crippen molar-refractivity contribution >= 4 is 7.82 Å². The van der Waals surface area contributed by atoms with Crippen LogP contribution in [0.2, 0.25) is 0 Å². The molecular weight excluding hydrogens is 671 g/mol. The van der Waals surface area contributed by atoms with E-state index < -0.39 is 86.6 Å². The first-order valence-electron chi connectivity index (χ1n) is 14.8. The number of nitrogens with zero attached hydrogens (tertiary/aromatic N) is 8. The van der Waals surface area contributed by atoms with Crippen LogP contribution in [-0.2, 0) is 27.6 Å². The molecule has 0 amide bonds. The van der Waals surface area contributed by atoms with E-state index in [1.165, 1.54) is 38.4 Å². The number of aromatic nitrogens is 4. The van der Waals surface area contributed by atoms with Gasteiger partial charge in [0.1, 0.15) is 12.5 Å². The van der Waals surface area contributed by atoms with Crippen molar-refractivity contribution in [3.05, 3.63) is 122 Å². The summed E-state index contributed by atoms with van der Waals surface area (Å²) in [6.07, 6.45) is -3.49. The maximum Gasteiger partial charge on any atom is 0.477 e.